The van der Waals surface area contributed by atoms with Crippen LogP contribution in [0.1, 0.15) is 40.0 Å². The molecule has 12 heteroatoms. The van der Waals surface area contributed by atoms with Gasteiger partial charge >= 0.3 is 6.18 Å². The highest BCUT2D eigenvalue weighted by Crippen LogP contribution is 2.38. The van der Waals surface area contributed by atoms with Gasteiger partial charge in [-0.15, -0.1) is 11.3 Å². The van der Waals surface area contributed by atoms with Crippen LogP contribution in [0.15, 0.2) is 36.7 Å². The topological polar surface area (TPSA) is 71.0 Å². The van der Waals surface area contributed by atoms with Gasteiger partial charge in [0.05, 0.1) is 28.0 Å². The molecule has 0 bridgehead atoms. The minimum atomic E-state index is -4.58. The van der Waals surface area contributed by atoms with Gasteiger partial charge in [-0.1, -0.05) is 31.2 Å². The molecule has 1 saturated heterocycles. The van der Waals surface area contributed by atoms with Gasteiger partial charge in [0.25, 0.3) is 11.8 Å². The molecular weight excluding hydrogens is 501 g/mol. The first kappa shape index (κ1) is 25.9. The van der Waals surface area contributed by atoms with Crippen molar-refractivity contribution in [3.05, 3.63) is 58.5 Å². The molecule has 6 nitrogen and oxygen atoms in total. The number of rotatable bonds is 5. The van der Waals surface area contributed by atoms with Crippen LogP contribution in [0.3, 0.4) is 0 Å². The van der Waals surface area contributed by atoms with Crippen LogP contribution < -0.4 is 5.32 Å². The Morgan fingerprint density at radius 2 is 1.86 bits per heavy atom. The number of carbonyl (C=O) groups is 1. The predicted molar refractivity (Wildman–Crippen MR) is 126 cm³/mol. The van der Waals surface area contributed by atoms with Gasteiger partial charge in [0.15, 0.2) is 0 Å². The smallest absolute Gasteiger partial charge is 0.352 e. The van der Waals surface area contributed by atoms with Gasteiger partial charge in [-0.05, 0) is 30.9 Å². The van der Waals surface area contributed by atoms with Gasteiger partial charge in [-0.2, -0.15) is 13.2 Å². The third kappa shape index (κ3) is 5.48. The van der Waals surface area contributed by atoms with Gasteiger partial charge < -0.3 is 10.2 Å². The van der Waals surface area contributed by atoms with Crippen molar-refractivity contribution in [3.63, 3.8) is 0 Å². The maximum atomic E-state index is 14.6. The number of nitrogens with zero attached hydrogens (tertiary/aromatic N) is 4. The molecule has 1 N–H and O–H groups in total. The second-order valence-corrected chi connectivity index (χ2v) is 10.1. The molecule has 0 spiro atoms. The van der Waals surface area contributed by atoms with Crippen LogP contribution in [-0.4, -0.2) is 50.8 Å². The van der Waals surface area contributed by atoms with E-state index >= 15 is 0 Å². The Hall–Kier alpha value is -3.15. The van der Waals surface area contributed by atoms with Crippen LogP contribution in [0.2, 0.25) is 0 Å². The quantitative estimate of drug-likeness (QED) is 0.424. The van der Waals surface area contributed by atoms with E-state index in [-0.39, 0.29) is 18.2 Å². The summed E-state index contributed by atoms with van der Waals surface area (Å²) >= 11 is 1.32. The van der Waals surface area contributed by atoms with Gasteiger partial charge in [-0.25, -0.2) is 23.7 Å². The van der Waals surface area contributed by atoms with Crippen LogP contribution >= 0.6 is 11.3 Å². The second kappa shape index (κ2) is 9.72. The van der Waals surface area contributed by atoms with Crippen molar-refractivity contribution in [2.45, 2.75) is 45.3 Å². The fraction of sp³-hybridized carbons (Fsp3) is 0.417. The van der Waals surface area contributed by atoms with Crippen LogP contribution in [0.4, 0.5) is 27.9 Å². The molecule has 0 radical (unpaired) electrons. The number of likely N-dealkylation sites (tertiary alicyclic amines) is 1. The molecule has 0 aliphatic carbocycles. The zero-order valence-corrected chi connectivity index (χ0v) is 20.6. The minimum Gasteiger partial charge on any atom is -0.352 e. The van der Waals surface area contributed by atoms with Gasteiger partial charge in [-0.3, -0.25) is 4.79 Å². The molecule has 1 amide bonds. The van der Waals surface area contributed by atoms with Crippen molar-refractivity contribution in [3.8, 4) is 10.4 Å². The molecule has 2 atom stereocenters. The average Bonchev–Trinajstić information content (AvgIpc) is 3.18. The molecule has 1 aliphatic rings. The number of carbonyl (C=O) groups excluding carboxylic acids is 1. The largest absolute Gasteiger partial charge is 0.419 e. The zero-order valence-electron chi connectivity index (χ0n) is 19.7. The minimum absolute atomic E-state index is 0.0167. The van der Waals surface area contributed by atoms with Gasteiger partial charge in [0.1, 0.15) is 5.69 Å². The van der Waals surface area contributed by atoms with Crippen LogP contribution in [0.25, 0.3) is 10.4 Å². The van der Waals surface area contributed by atoms with E-state index in [1.165, 1.54) is 11.3 Å². The summed E-state index contributed by atoms with van der Waals surface area (Å²) in [7, 11) is 0. The number of aryl methyl sites for hydroxylation is 2. The third-order valence-corrected chi connectivity index (χ3v) is 7.12. The van der Waals surface area contributed by atoms with E-state index in [4.69, 9.17) is 0 Å². The van der Waals surface area contributed by atoms with E-state index in [2.05, 4.69) is 20.3 Å². The number of benzene rings is 1. The van der Waals surface area contributed by atoms with Crippen molar-refractivity contribution < 1.29 is 26.7 Å². The van der Waals surface area contributed by atoms with Crippen LogP contribution in [-0.2, 0) is 6.18 Å². The zero-order chi connectivity index (χ0) is 26.3. The summed E-state index contributed by atoms with van der Waals surface area (Å²) in [5.41, 5.74) is 0.826. The molecule has 3 aromatic rings. The first-order chi connectivity index (χ1) is 16.9. The Bertz CT molecular complexity index is 1240. The van der Waals surface area contributed by atoms with E-state index in [1.54, 1.807) is 13.8 Å². The molecule has 1 aromatic carbocycles. The average molecular weight is 526 g/mol. The molecule has 0 saturated carbocycles. The number of hydrogen-bond donors (Lipinski definition) is 1. The van der Waals surface area contributed by atoms with Crippen molar-refractivity contribution >= 4 is 23.2 Å². The molecule has 1 fully saturated rings. The molecular formula is C24H24F5N5OS. The molecule has 4 rings (SSSR count). The lowest BCUT2D eigenvalue weighted by atomic mass is 9.88. The maximum absolute atomic E-state index is 14.6. The van der Waals surface area contributed by atoms with Crippen LogP contribution in [0, 0.1) is 19.8 Å². The first-order valence-electron chi connectivity index (χ1n) is 11.2. The number of alkyl halides is 5. The maximum Gasteiger partial charge on any atom is 0.419 e. The van der Waals surface area contributed by atoms with E-state index in [1.807, 2.05) is 31.2 Å². The Balaban J connectivity index is 1.62. The number of amides is 1. The lowest BCUT2D eigenvalue weighted by Crippen LogP contribution is -2.57. The molecule has 2 unspecified atom stereocenters. The molecule has 1 aliphatic heterocycles. The molecule has 3 heterocycles. The third-order valence-electron chi connectivity index (χ3n) is 6.12. The standard InChI is InChI=1S/C24H24F5N5OS/c1-13-6-4-5-7-17(13)20-19(33-15(3)36-20)21(35)34-12-23(25,26)8-14(2)18(34)11-32-22-30-9-16(10-31-22)24(27,28)29/h4-7,9-10,14,18H,8,11-12H2,1-3H3,(H,30,31,32). The monoisotopic (exact) mass is 525 g/mol. The molecule has 192 valence electrons. The van der Waals surface area contributed by atoms with Gasteiger partial charge in [0, 0.05) is 25.4 Å². The van der Waals surface area contributed by atoms with Crippen molar-refractivity contribution in [2.75, 3.05) is 18.4 Å². The summed E-state index contributed by atoms with van der Waals surface area (Å²) in [6.45, 7) is 4.45. The highest BCUT2D eigenvalue weighted by molar-refractivity contribution is 7.15. The fourth-order valence-electron chi connectivity index (χ4n) is 4.36. The lowest BCUT2D eigenvalue weighted by molar-refractivity contribution is -0.138. The van der Waals surface area contributed by atoms with Crippen molar-refractivity contribution in [1.29, 1.82) is 0 Å². The summed E-state index contributed by atoms with van der Waals surface area (Å²) in [4.78, 5) is 27.1. The highest BCUT2D eigenvalue weighted by atomic mass is 32.1. The lowest BCUT2D eigenvalue weighted by Gasteiger charge is -2.43. The summed E-state index contributed by atoms with van der Waals surface area (Å²) in [6.07, 6.45) is -3.73. The second-order valence-electron chi connectivity index (χ2n) is 8.94. The first-order valence-corrected chi connectivity index (χ1v) is 12.0. The summed E-state index contributed by atoms with van der Waals surface area (Å²) in [5.74, 6) is -4.42. The predicted octanol–water partition coefficient (Wildman–Crippen LogP) is 5.83. The number of thiazole rings is 1. The fourth-order valence-corrected chi connectivity index (χ4v) is 5.36. The van der Waals surface area contributed by atoms with Crippen LogP contribution in [0.5, 0.6) is 0 Å². The Morgan fingerprint density at radius 1 is 1.19 bits per heavy atom. The number of hydrogen-bond acceptors (Lipinski definition) is 6. The summed E-state index contributed by atoms with van der Waals surface area (Å²) in [5, 5.41) is 3.43. The molecule has 36 heavy (non-hydrogen) atoms. The Kier molecular flexibility index (Phi) is 7.00. The van der Waals surface area contributed by atoms with Crippen molar-refractivity contribution in [2.24, 2.45) is 5.92 Å². The highest BCUT2D eigenvalue weighted by Gasteiger charge is 2.47. The normalized spacial score (nSPS) is 19.8. The summed E-state index contributed by atoms with van der Waals surface area (Å²) in [6, 6.07) is 6.76. The number of anilines is 1. The van der Waals surface area contributed by atoms with Crippen molar-refractivity contribution in [1.82, 2.24) is 19.9 Å². The summed E-state index contributed by atoms with van der Waals surface area (Å²) < 4.78 is 67.6. The Labute approximate surface area is 208 Å². The van der Waals surface area contributed by atoms with E-state index in [0.717, 1.165) is 16.0 Å². The number of halogens is 5. The molecule has 2 aromatic heterocycles. The number of nitrogens with one attached hydrogen (secondary N) is 1. The van der Waals surface area contributed by atoms with E-state index in [0.29, 0.717) is 22.3 Å². The van der Waals surface area contributed by atoms with Gasteiger partial charge in [0.2, 0.25) is 5.95 Å². The van der Waals surface area contributed by atoms with E-state index < -0.39 is 48.5 Å². The number of piperidine rings is 1. The number of aromatic nitrogens is 3. The Morgan fingerprint density at radius 3 is 2.50 bits per heavy atom. The SMILES string of the molecule is Cc1nc(C(=O)N2CC(F)(F)CC(C)C2CNc2ncc(C(F)(F)F)cn2)c(-c2ccccc2C)s1. The van der Waals surface area contributed by atoms with E-state index in [9.17, 15) is 26.7 Å².